The van der Waals surface area contributed by atoms with Crippen LogP contribution in [0.2, 0.25) is 5.02 Å². The smallest absolute Gasteiger partial charge is 0.404 e. The van der Waals surface area contributed by atoms with Crippen LogP contribution in [-0.4, -0.2) is 19.2 Å². The Balaban J connectivity index is 1.87. The van der Waals surface area contributed by atoms with Crippen molar-refractivity contribution in [2.75, 3.05) is 13.2 Å². The zero-order valence-electron chi connectivity index (χ0n) is 9.41. The number of primary amides is 1. The third kappa shape index (κ3) is 3.11. The van der Waals surface area contributed by atoms with Gasteiger partial charge in [-0.05, 0) is 36.1 Å². The number of ether oxygens (including phenoxy) is 1. The molecular weight excluding hydrogens is 240 g/mol. The Morgan fingerprint density at radius 1 is 1.59 bits per heavy atom. The maximum Gasteiger partial charge on any atom is 0.404 e. The minimum atomic E-state index is -0.731. The van der Waals surface area contributed by atoms with Gasteiger partial charge in [0.2, 0.25) is 0 Å². The van der Waals surface area contributed by atoms with E-state index in [-0.39, 0.29) is 0 Å². The molecular formula is C12H15ClN2O2. The minimum absolute atomic E-state index is 0.300. The Morgan fingerprint density at radius 3 is 3.18 bits per heavy atom. The monoisotopic (exact) mass is 254 g/mol. The van der Waals surface area contributed by atoms with Gasteiger partial charge in [0.15, 0.2) is 0 Å². The van der Waals surface area contributed by atoms with Crippen LogP contribution >= 0.6 is 11.6 Å². The second-order valence-electron chi connectivity index (χ2n) is 4.06. The van der Waals surface area contributed by atoms with Gasteiger partial charge in [-0.25, -0.2) is 4.79 Å². The lowest BCUT2D eigenvalue weighted by Crippen LogP contribution is -2.26. The lowest BCUT2D eigenvalue weighted by molar-refractivity contribution is 0.156. The van der Waals surface area contributed by atoms with Gasteiger partial charge in [-0.1, -0.05) is 17.7 Å². The number of carbonyl (C=O) groups excluding carboxylic acids is 1. The number of carbonyl (C=O) groups is 1. The van der Waals surface area contributed by atoms with E-state index in [2.05, 4.69) is 16.1 Å². The van der Waals surface area contributed by atoms with Gasteiger partial charge in [0.1, 0.15) is 6.61 Å². The lowest BCUT2D eigenvalue weighted by Gasteiger charge is -2.13. The fraction of sp³-hybridized carbons (Fsp3) is 0.417. The van der Waals surface area contributed by atoms with E-state index in [1.807, 2.05) is 12.1 Å². The molecule has 17 heavy (non-hydrogen) atoms. The minimum Gasteiger partial charge on any atom is -0.448 e. The van der Waals surface area contributed by atoms with Crippen molar-refractivity contribution >= 4 is 17.7 Å². The number of nitrogens with one attached hydrogen (secondary N) is 1. The molecule has 1 atom stereocenters. The second kappa shape index (κ2) is 5.38. The molecule has 1 aliphatic carbocycles. The molecule has 0 bridgehead atoms. The summed E-state index contributed by atoms with van der Waals surface area (Å²) in [5, 5.41) is 4.12. The molecule has 1 aliphatic rings. The van der Waals surface area contributed by atoms with E-state index in [0.29, 0.717) is 19.2 Å². The highest BCUT2D eigenvalue weighted by Gasteiger charge is 2.21. The number of nitrogens with two attached hydrogens (primary N) is 1. The topological polar surface area (TPSA) is 64.4 Å². The van der Waals surface area contributed by atoms with Crippen LogP contribution in [0, 0.1) is 0 Å². The van der Waals surface area contributed by atoms with Crippen LogP contribution in [0.15, 0.2) is 18.2 Å². The van der Waals surface area contributed by atoms with Crippen LogP contribution in [-0.2, 0) is 11.2 Å². The lowest BCUT2D eigenvalue weighted by atomic mass is 10.1. The van der Waals surface area contributed by atoms with Crippen molar-refractivity contribution in [2.24, 2.45) is 5.73 Å². The zero-order chi connectivity index (χ0) is 12.3. The number of halogens is 1. The largest absolute Gasteiger partial charge is 0.448 e. The molecule has 2 rings (SSSR count). The summed E-state index contributed by atoms with van der Waals surface area (Å²) in [6.45, 7) is 0.907. The van der Waals surface area contributed by atoms with Crippen molar-refractivity contribution in [3.63, 3.8) is 0 Å². The van der Waals surface area contributed by atoms with E-state index in [1.54, 1.807) is 0 Å². The number of hydrogen-bond acceptors (Lipinski definition) is 3. The van der Waals surface area contributed by atoms with Crippen molar-refractivity contribution < 1.29 is 9.53 Å². The summed E-state index contributed by atoms with van der Waals surface area (Å²) >= 11 is 5.94. The Bertz CT molecular complexity index is 423. The number of benzene rings is 1. The molecule has 0 saturated carbocycles. The number of fused-ring (bicyclic) bond motifs is 1. The summed E-state index contributed by atoms with van der Waals surface area (Å²) in [7, 11) is 0. The van der Waals surface area contributed by atoms with Gasteiger partial charge >= 0.3 is 6.09 Å². The maximum absolute atomic E-state index is 10.4. The Morgan fingerprint density at radius 2 is 2.41 bits per heavy atom. The Hall–Kier alpha value is -1.26. The molecule has 0 fully saturated rings. The van der Waals surface area contributed by atoms with E-state index < -0.39 is 6.09 Å². The summed E-state index contributed by atoms with van der Waals surface area (Å²) in [4.78, 5) is 10.4. The van der Waals surface area contributed by atoms with E-state index in [9.17, 15) is 4.79 Å². The summed E-state index contributed by atoms with van der Waals surface area (Å²) < 4.78 is 4.66. The van der Waals surface area contributed by atoms with Gasteiger partial charge in [-0.2, -0.15) is 0 Å². The highest BCUT2D eigenvalue weighted by molar-refractivity contribution is 6.30. The van der Waals surface area contributed by atoms with Crippen molar-refractivity contribution in [1.82, 2.24) is 5.32 Å². The summed E-state index contributed by atoms with van der Waals surface area (Å²) in [5.74, 6) is 0. The van der Waals surface area contributed by atoms with E-state index in [0.717, 1.165) is 17.9 Å². The third-order valence-corrected chi connectivity index (χ3v) is 3.16. The number of aryl methyl sites for hydroxylation is 1. The van der Waals surface area contributed by atoms with E-state index in [1.165, 1.54) is 11.1 Å². The summed E-state index contributed by atoms with van der Waals surface area (Å²) in [6.07, 6.45) is 1.35. The molecule has 1 aromatic rings. The fourth-order valence-electron chi connectivity index (χ4n) is 2.18. The fourth-order valence-corrected chi connectivity index (χ4v) is 2.38. The molecule has 1 unspecified atom stereocenters. The highest BCUT2D eigenvalue weighted by atomic mass is 35.5. The number of amides is 1. The van der Waals surface area contributed by atoms with Crippen LogP contribution < -0.4 is 11.1 Å². The molecule has 92 valence electrons. The van der Waals surface area contributed by atoms with Gasteiger partial charge in [0.05, 0.1) is 0 Å². The Kier molecular flexibility index (Phi) is 3.86. The van der Waals surface area contributed by atoms with Gasteiger partial charge in [0, 0.05) is 17.6 Å². The normalized spacial score (nSPS) is 17.8. The zero-order valence-corrected chi connectivity index (χ0v) is 10.2. The molecule has 0 heterocycles. The average Bonchev–Trinajstić information content (AvgIpc) is 2.66. The summed E-state index contributed by atoms with van der Waals surface area (Å²) in [5.41, 5.74) is 7.46. The number of hydrogen-bond donors (Lipinski definition) is 2. The molecule has 1 aromatic carbocycles. The van der Waals surface area contributed by atoms with Crippen molar-refractivity contribution in [3.05, 3.63) is 34.3 Å². The molecule has 0 aliphatic heterocycles. The first kappa shape index (κ1) is 12.2. The first-order chi connectivity index (χ1) is 8.16. The second-order valence-corrected chi connectivity index (χ2v) is 4.49. The van der Waals surface area contributed by atoms with E-state index >= 15 is 0 Å². The SMILES string of the molecule is NC(=O)OCCNC1CCc2cc(Cl)ccc21. The quantitative estimate of drug-likeness (QED) is 0.808. The van der Waals surface area contributed by atoms with Gasteiger partial charge in [-0.15, -0.1) is 0 Å². The Labute approximate surface area is 105 Å². The predicted molar refractivity (Wildman–Crippen MR) is 66.1 cm³/mol. The molecule has 5 heteroatoms. The predicted octanol–water partition coefficient (Wildman–Crippen LogP) is 2.01. The third-order valence-electron chi connectivity index (χ3n) is 2.92. The highest BCUT2D eigenvalue weighted by Crippen LogP contribution is 2.32. The first-order valence-electron chi connectivity index (χ1n) is 5.61. The van der Waals surface area contributed by atoms with Crippen molar-refractivity contribution in [3.8, 4) is 0 Å². The van der Waals surface area contributed by atoms with E-state index in [4.69, 9.17) is 17.3 Å². The van der Waals surface area contributed by atoms with Crippen LogP contribution in [0.4, 0.5) is 4.79 Å². The van der Waals surface area contributed by atoms with Crippen molar-refractivity contribution in [1.29, 1.82) is 0 Å². The van der Waals surface area contributed by atoms with Gasteiger partial charge in [0.25, 0.3) is 0 Å². The van der Waals surface area contributed by atoms with Crippen LogP contribution in [0.25, 0.3) is 0 Å². The maximum atomic E-state index is 10.4. The van der Waals surface area contributed by atoms with Gasteiger partial charge in [-0.3, -0.25) is 0 Å². The molecule has 0 saturated heterocycles. The average molecular weight is 255 g/mol. The van der Waals surface area contributed by atoms with Crippen LogP contribution in [0.1, 0.15) is 23.6 Å². The number of rotatable bonds is 4. The standard InChI is InChI=1S/C12H15ClN2O2/c13-9-2-3-10-8(7-9)1-4-11(10)15-5-6-17-12(14)16/h2-3,7,11,15H,1,4-6H2,(H2,14,16). The van der Waals surface area contributed by atoms with Gasteiger partial charge < -0.3 is 15.8 Å². The molecule has 4 nitrogen and oxygen atoms in total. The molecule has 1 amide bonds. The molecule has 3 N–H and O–H groups in total. The van der Waals surface area contributed by atoms with Crippen LogP contribution in [0.5, 0.6) is 0 Å². The molecule has 0 radical (unpaired) electrons. The summed E-state index contributed by atoms with van der Waals surface area (Å²) in [6, 6.07) is 6.29. The van der Waals surface area contributed by atoms with Crippen LogP contribution in [0.3, 0.4) is 0 Å². The first-order valence-corrected chi connectivity index (χ1v) is 5.98. The molecule has 0 spiro atoms. The molecule has 0 aromatic heterocycles. The van der Waals surface area contributed by atoms with Crippen molar-refractivity contribution in [2.45, 2.75) is 18.9 Å².